The zero-order valence-electron chi connectivity index (χ0n) is 10.1. The van der Waals surface area contributed by atoms with Crippen molar-refractivity contribution in [3.63, 3.8) is 0 Å². The Bertz CT molecular complexity index is 503. The van der Waals surface area contributed by atoms with Gasteiger partial charge >= 0.3 is 5.97 Å². The van der Waals surface area contributed by atoms with Crippen LogP contribution in [-0.4, -0.2) is 29.8 Å². The molecule has 0 bridgehead atoms. The molecule has 0 saturated carbocycles. The van der Waals surface area contributed by atoms with Crippen LogP contribution in [0.5, 0.6) is 11.5 Å². The Hall–Kier alpha value is -2.28. The maximum Gasteiger partial charge on any atom is 0.305 e. The molecule has 2 rings (SSSR count). The van der Waals surface area contributed by atoms with E-state index in [1.807, 2.05) is 0 Å². The van der Waals surface area contributed by atoms with Gasteiger partial charge in [0.15, 0.2) is 11.5 Å². The van der Waals surface area contributed by atoms with Crippen LogP contribution in [0.3, 0.4) is 0 Å². The smallest absolute Gasteiger partial charge is 0.305 e. The second kappa shape index (κ2) is 5.57. The predicted molar refractivity (Wildman–Crippen MR) is 64.6 cm³/mol. The highest BCUT2D eigenvalue weighted by molar-refractivity contribution is 5.85. The van der Waals surface area contributed by atoms with E-state index in [9.17, 15) is 9.59 Å². The Morgan fingerprint density at radius 3 is 2.84 bits per heavy atom. The summed E-state index contributed by atoms with van der Waals surface area (Å²) in [6.45, 7) is 0.442. The van der Waals surface area contributed by atoms with Gasteiger partial charge in [0.2, 0.25) is 12.7 Å². The number of benzene rings is 1. The van der Waals surface area contributed by atoms with Gasteiger partial charge < -0.3 is 25.6 Å². The van der Waals surface area contributed by atoms with E-state index in [2.05, 4.69) is 5.32 Å². The molecule has 0 aromatic heterocycles. The predicted octanol–water partition coefficient (Wildman–Crippen LogP) is -0.167. The number of nitrogens with two attached hydrogens (primary N) is 1. The number of ether oxygens (including phenoxy) is 2. The Balaban J connectivity index is 1.88. The van der Waals surface area contributed by atoms with E-state index < -0.39 is 24.3 Å². The minimum absolute atomic E-state index is 0.189. The Labute approximate surface area is 109 Å². The van der Waals surface area contributed by atoms with Crippen molar-refractivity contribution in [1.29, 1.82) is 0 Å². The molecule has 0 aliphatic carbocycles. The maximum absolute atomic E-state index is 11.5. The molecular formula is C12H14N2O5. The molecule has 102 valence electrons. The van der Waals surface area contributed by atoms with E-state index in [-0.39, 0.29) is 13.3 Å². The third-order valence-electron chi connectivity index (χ3n) is 2.64. The lowest BCUT2D eigenvalue weighted by molar-refractivity contribution is -0.139. The molecule has 0 unspecified atom stereocenters. The van der Waals surface area contributed by atoms with E-state index in [1.54, 1.807) is 18.2 Å². The van der Waals surface area contributed by atoms with E-state index in [0.717, 1.165) is 5.56 Å². The van der Waals surface area contributed by atoms with Gasteiger partial charge in [-0.25, -0.2) is 0 Å². The number of aliphatic carboxylic acids is 1. The van der Waals surface area contributed by atoms with Crippen LogP contribution in [0, 0.1) is 0 Å². The van der Waals surface area contributed by atoms with Crippen molar-refractivity contribution in [3.05, 3.63) is 23.8 Å². The third-order valence-corrected chi connectivity index (χ3v) is 2.64. The van der Waals surface area contributed by atoms with Crippen molar-refractivity contribution in [3.8, 4) is 11.5 Å². The van der Waals surface area contributed by atoms with Crippen molar-refractivity contribution in [2.75, 3.05) is 6.79 Å². The maximum atomic E-state index is 11.5. The van der Waals surface area contributed by atoms with E-state index in [0.29, 0.717) is 11.5 Å². The summed E-state index contributed by atoms with van der Waals surface area (Å²) in [6, 6.07) is 4.24. The first kappa shape index (κ1) is 13.2. The molecule has 1 aromatic carbocycles. The van der Waals surface area contributed by atoms with Gasteiger partial charge in [-0.3, -0.25) is 9.59 Å². The van der Waals surface area contributed by atoms with Crippen molar-refractivity contribution in [2.24, 2.45) is 5.73 Å². The minimum atomic E-state index is -1.11. The number of hydrogen-bond acceptors (Lipinski definition) is 5. The molecule has 1 atom stereocenters. The van der Waals surface area contributed by atoms with Gasteiger partial charge in [0.25, 0.3) is 0 Å². The molecule has 19 heavy (non-hydrogen) atoms. The fourth-order valence-electron chi connectivity index (χ4n) is 1.65. The summed E-state index contributed by atoms with van der Waals surface area (Å²) in [5.74, 6) is -0.315. The van der Waals surface area contributed by atoms with Crippen LogP contribution in [0.1, 0.15) is 12.0 Å². The van der Waals surface area contributed by atoms with Gasteiger partial charge in [-0.05, 0) is 17.7 Å². The molecule has 1 heterocycles. The number of carboxylic acid groups (broad SMARTS) is 1. The second-order valence-electron chi connectivity index (χ2n) is 4.11. The largest absolute Gasteiger partial charge is 0.481 e. The quantitative estimate of drug-likeness (QED) is 0.682. The molecule has 7 nitrogen and oxygen atoms in total. The van der Waals surface area contributed by atoms with Crippen molar-refractivity contribution in [1.82, 2.24) is 5.32 Å². The number of hydrogen-bond donors (Lipinski definition) is 3. The second-order valence-corrected chi connectivity index (χ2v) is 4.11. The summed E-state index contributed by atoms with van der Waals surface area (Å²) in [6.07, 6.45) is -0.396. The van der Waals surface area contributed by atoms with Crippen molar-refractivity contribution < 1.29 is 24.2 Å². The van der Waals surface area contributed by atoms with Crippen LogP contribution in [-0.2, 0) is 16.1 Å². The van der Waals surface area contributed by atoms with Crippen LogP contribution < -0.4 is 20.5 Å². The fourth-order valence-corrected chi connectivity index (χ4v) is 1.65. The minimum Gasteiger partial charge on any atom is -0.481 e. The lowest BCUT2D eigenvalue weighted by atomic mass is 10.1. The molecule has 4 N–H and O–H groups in total. The molecule has 1 amide bonds. The van der Waals surface area contributed by atoms with Crippen molar-refractivity contribution in [2.45, 2.75) is 19.0 Å². The summed E-state index contributed by atoms with van der Waals surface area (Å²) in [7, 11) is 0. The molecule has 0 saturated heterocycles. The van der Waals surface area contributed by atoms with Gasteiger partial charge in [-0.1, -0.05) is 6.07 Å². The topological polar surface area (TPSA) is 111 Å². The number of carboxylic acids is 1. The normalized spacial score (nSPS) is 13.9. The van der Waals surface area contributed by atoms with Gasteiger partial charge in [-0.15, -0.1) is 0 Å². The zero-order valence-corrected chi connectivity index (χ0v) is 10.1. The Morgan fingerprint density at radius 2 is 2.11 bits per heavy atom. The Kier molecular flexibility index (Phi) is 3.86. The first-order valence-corrected chi connectivity index (χ1v) is 5.70. The highest BCUT2D eigenvalue weighted by Crippen LogP contribution is 2.32. The molecule has 0 fully saturated rings. The van der Waals surface area contributed by atoms with E-state index in [1.165, 1.54) is 0 Å². The standard InChI is InChI=1S/C12H14N2O5/c13-8(4-11(15)16)12(17)14-5-7-1-2-9-10(3-7)19-6-18-9/h1-3,8H,4-6,13H2,(H,14,17)(H,15,16)/t8-/m0/s1. The number of fused-ring (bicyclic) bond motifs is 1. The van der Waals surface area contributed by atoms with Crippen LogP contribution >= 0.6 is 0 Å². The molecule has 1 aromatic rings. The number of amides is 1. The first-order valence-electron chi connectivity index (χ1n) is 5.70. The summed E-state index contributed by atoms with van der Waals surface area (Å²) in [5.41, 5.74) is 6.25. The van der Waals surface area contributed by atoms with Crippen LogP contribution in [0.15, 0.2) is 18.2 Å². The number of nitrogens with one attached hydrogen (secondary N) is 1. The molecule has 7 heteroatoms. The van der Waals surface area contributed by atoms with Crippen molar-refractivity contribution >= 4 is 11.9 Å². The average Bonchev–Trinajstić information content (AvgIpc) is 2.82. The summed E-state index contributed by atoms with van der Waals surface area (Å²) in [4.78, 5) is 22.0. The molecule has 0 radical (unpaired) electrons. The summed E-state index contributed by atoms with van der Waals surface area (Å²) in [5, 5.41) is 11.1. The molecular weight excluding hydrogens is 252 g/mol. The first-order chi connectivity index (χ1) is 9.06. The zero-order chi connectivity index (χ0) is 13.8. The van der Waals surface area contributed by atoms with Gasteiger partial charge in [0, 0.05) is 6.54 Å². The van der Waals surface area contributed by atoms with Crippen LogP contribution in [0.25, 0.3) is 0 Å². The highest BCUT2D eigenvalue weighted by Gasteiger charge is 2.17. The van der Waals surface area contributed by atoms with E-state index >= 15 is 0 Å². The van der Waals surface area contributed by atoms with Gasteiger partial charge in [0.05, 0.1) is 12.5 Å². The third kappa shape index (κ3) is 3.35. The molecule has 1 aliphatic rings. The lowest BCUT2D eigenvalue weighted by Gasteiger charge is -2.10. The van der Waals surface area contributed by atoms with Gasteiger partial charge in [0.1, 0.15) is 0 Å². The molecule has 0 spiro atoms. The SMILES string of the molecule is N[C@@H](CC(=O)O)C(=O)NCc1ccc2c(c1)OCO2. The van der Waals surface area contributed by atoms with E-state index in [4.69, 9.17) is 20.3 Å². The summed E-state index contributed by atoms with van der Waals surface area (Å²) < 4.78 is 10.4. The average molecular weight is 266 g/mol. The molecule has 1 aliphatic heterocycles. The van der Waals surface area contributed by atoms with Gasteiger partial charge in [-0.2, -0.15) is 0 Å². The monoisotopic (exact) mass is 266 g/mol. The number of carbonyl (C=O) groups excluding carboxylic acids is 1. The number of rotatable bonds is 5. The highest BCUT2D eigenvalue weighted by atomic mass is 16.7. The summed E-state index contributed by atoms with van der Waals surface area (Å²) >= 11 is 0. The Morgan fingerprint density at radius 1 is 1.37 bits per heavy atom. The van der Waals surface area contributed by atoms with Crippen LogP contribution in [0.2, 0.25) is 0 Å². The van der Waals surface area contributed by atoms with Crippen LogP contribution in [0.4, 0.5) is 0 Å². The lowest BCUT2D eigenvalue weighted by Crippen LogP contribution is -2.41. The fraction of sp³-hybridized carbons (Fsp3) is 0.333. The number of carbonyl (C=O) groups is 2.